The van der Waals surface area contributed by atoms with Crippen molar-refractivity contribution in [1.29, 1.82) is 0 Å². The Kier molecular flexibility index (Phi) is 4.59. The van der Waals surface area contributed by atoms with Crippen molar-refractivity contribution in [3.05, 3.63) is 108 Å². The van der Waals surface area contributed by atoms with Crippen LogP contribution in [0.5, 0.6) is 0 Å². The van der Waals surface area contributed by atoms with Gasteiger partial charge in [-0.3, -0.25) is 0 Å². The summed E-state index contributed by atoms with van der Waals surface area (Å²) in [6.07, 6.45) is 0.851. The molecule has 0 aliphatic carbocycles. The molecule has 116 valence electrons. The minimum absolute atomic E-state index is 0.00602. The van der Waals surface area contributed by atoms with Crippen LogP contribution >= 0.6 is 0 Å². The first-order valence-corrected chi connectivity index (χ1v) is 8.15. The van der Waals surface area contributed by atoms with Crippen LogP contribution in [-0.4, -0.2) is 5.11 Å². The Labute approximate surface area is 138 Å². The maximum absolute atomic E-state index is 11.9. The van der Waals surface area contributed by atoms with Gasteiger partial charge in [-0.25, -0.2) is 0 Å². The van der Waals surface area contributed by atoms with Gasteiger partial charge in [-0.2, -0.15) is 0 Å². The van der Waals surface area contributed by atoms with Gasteiger partial charge < -0.3 is 5.11 Å². The summed E-state index contributed by atoms with van der Waals surface area (Å²) in [4.78, 5) is 0. The molecule has 0 spiro atoms. The van der Waals surface area contributed by atoms with Gasteiger partial charge >= 0.3 is 0 Å². The molecule has 1 heteroatoms. The second-order valence-electron chi connectivity index (χ2n) is 5.87. The summed E-state index contributed by atoms with van der Waals surface area (Å²) in [5.74, 6) is -0.00602. The predicted octanol–water partition coefficient (Wildman–Crippen LogP) is 5.12. The van der Waals surface area contributed by atoms with Crippen LogP contribution < -0.4 is 0 Å². The second-order valence-corrected chi connectivity index (χ2v) is 5.87. The summed E-state index contributed by atoms with van der Waals surface area (Å²) in [7, 11) is 0. The molecule has 0 aromatic heterocycles. The first-order valence-electron chi connectivity index (χ1n) is 8.15. The van der Waals surface area contributed by atoms with E-state index < -0.39 is 5.60 Å². The normalized spacial score (nSPS) is 12.8. The van der Waals surface area contributed by atoms with E-state index in [0.29, 0.717) is 0 Å². The van der Waals surface area contributed by atoms with E-state index in [4.69, 9.17) is 0 Å². The van der Waals surface area contributed by atoms with Gasteiger partial charge in [0.25, 0.3) is 0 Å². The lowest BCUT2D eigenvalue weighted by Gasteiger charge is -2.37. The zero-order chi connectivity index (χ0) is 16.1. The lowest BCUT2D eigenvalue weighted by molar-refractivity contribution is 0.0477. The first-order chi connectivity index (χ1) is 11.3. The third-order valence-corrected chi connectivity index (χ3v) is 4.54. The van der Waals surface area contributed by atoms with Gasteiger partial charge in [-0.15, -0.1) is 0 Å². The van der Waals surface area contributed by atoms with E-state index in [-0.39, 0.29) is 5.92 Å². The van der Waals surface area contributed by atoms with Gasteiger partial charge in [0.2, 0.25) is 0 Å². The monoisotopic (exact) mass is 302 g/mol. The zero-order valence-electron chi connectivity index (χ0n) is 13.4. The van der Waals surface area contributed by atoms with Gasteiger partial charge in [-0.1, -0.05) is 97.9 Å². The fourth-order valence-electron chi connectivity index (χ4n) is 3.41. The van der Waals surface area contributed by atoms with Crippen molar-refractivity contribution in [2.45, 2.75) is 24.9 Å². The lowest BCUT2D eigenvalue weighted by atomic mass is 9.72. The van der Waals surface area contributed by atoms with E-state index in [1.54, 1.807) is 0 Å². The van der Waals surface area contributed by atoms with E-state index in [0.717, 1.165) is 23.1 Å². The van der Waals surface area contributed by atoms with Crippen LogP contribution in [0.15, 0.2) is 91.0 Å². The van der Waals surface area contributed by atoms with Gasteiger partial charge in [0.1, 0.15) is 5.60 Å². The molecule has 3 aromatic rings. The van der Waals surface area contributed by atoms with E-state index in [9.17, 15) is 5.11 Å². The molecule has 0 unspecified atom stereocenters. The standard InChI is InChI=1S/C22H22O/c1-2-21(18-12-6-3-7-13-18)22(23,19-14-8-4-9-15-19)20-16-10-5-11-17-20/h3-17,21,23H,2H2,1H3/t21-/m0/s1. The third-order valence-electron chi connectivity index (χ3n) is 4.54. The quantitative estimate of drug-likeness (QED) is 0.694. The molecule has 0 heterocycles. The molecular formula is C22H22O. The van der Waals surface area contributed by atoms with Crippen molar-refractivity contribution < 1.29 is 5.11 Å². The minimum Gasteiger partial charge on any atom is -0.380 e. The van der Waals surface area contributed by atoms with E-state index in [1.807, 2.05) is 78.9 Å². The van der Waals surface area contributed by atoms with E-state index in [2.05, 4.69) is 19.1 Å². The Hall–Kier alpha value is -2.38. The molecule has 0 amide bonds. The number of rotatable bonds is 5. The summed E-state index contributed by atoms with van der Waals surface area (Å²) < 4.78 is 0. The molecule has 1 N–H and O–H groups in total. The molecule has 0 saturated carbocycles. The maximum atomic E-state index is 11.9. The van der Waals surface area contributed by atoms with Crippen LogP contribution in [0.3, 0.4) is 0 Å². The maximum Gasteiger partial charge on any atom is 0.121 e. The SMILES string of the molecule is CC[C@@H](c1ccccc1)C(O)(c1ccccc1)c1ccccc1. The molecule has 23 heavy (non-hydrogen) atoms. The molecule has 1 nitrogen and oxygen atoms in total. The summed E-state index contributed by atoms with van der Waals surface area (Å²) in [6, 6.07) is 30.3. The van der Waals surface area contributed by atoms with Crippen LogP contribution in [0.1, 0.15) is 36.0 Å². The topological polar surface area (TPSA) is 20.2 Å². The van der Waals surface area contributed by atoms with Gasteiger partial charge in [-0.05, 0) is 23.1 Å². The van der Waals surface area contributed by atoms with Crippen LogP contribution in [0.25, 0.3) is 0 Å². The number of hydrogen-bond donors (Lipinski definition) is 1. The highest BCUT2D eigenvalue weighted by atomic mass is 16.3. The van der Waals surface area contributed by atoms with Gasteiger partial charge in [0, 0.05) is 5.92 Å². The van der Waals surface area contributed by atoms with Crippen molar-refractivity contribution in [2.75, 3.05) is 0 Å². The Morgan fingerprint density at radius 1 is 0.696 bits per heavy atom. The van der Waals surface area contributed by atoms with Crippen molar-refractivity contribution in [2.24, 2.45) is 0 Å². The molecule has 3 rings (SSSR count). The molecule has 0 bridgehead atoms. The van der Waals surface area contributed by atoms with Crippen LogP contribution in [0, 0.1) is 0 Å². The van der Waals surface area contributed by atoms with Crippen molar-refractivity contribution in [3.63, 3.8) is 0 Å². The van der Waals surface area contributed by atoms with E-state index in [1.165, 1.54) is 0 Å². The highest BCUT2D eigenvalue weighted by molar-refractivity contribution is 5.41. The smallest absolute Gasteiger partial charge is 0.121 e. The molecule has 0 aliphatic rings. The van der Waals surface area contributed by atoms with E-state index >= 15 is 0 Å². The van der Waals surface area contributed by atoms with Crippen LogP contribution in [-0.2, 0) is 5.60 Å². The number of benzene rings is 3. The van der Waals surface area contributed by atoms with Crippen molar-refractivity contribution >= 4 is 0 Å². The zero-order valence-corrected chi connectivity index (χ0v) is 13.4. The average Bonchev–Trinajstić information content (AvgIpc) is 2.64. The summed E-state index contributed by atoms with van der Waals surface area (Å²) >= 11 is 0. The molecule has 0 radical (unpaired) electrons. The van der Waals surface area contributed by atoms with Gasteiger partial charge in [0.15, 0.2) is 0 Å². The number of hydrogen-bond acceptors (Lipinski definition) is 1. The fourth-order valence-corrected chi connectivity index (χ4v) is 3.41. The molecule has 0 aliphatic heterocycles. The average molecular weight is 302 g/mol. The lowest BCUT2D eigenvalue weighted by Crippen LogP contribution is -2.34. The third kappa shape index (κ3) is 2.93. The van der Waals surface area contributed by atoms with Gasteiger partial charge in [0.05, 0.1) is 0 Å². The van der Waals surface area contributed by atoms with Crippen LogP contribution in [0.4, 0.5) is 0 Å². The van der Waals surface area contributed by atoms with Crippen molar-refractivity contribution in [3.8, 4) is 0 Å². The number of aliphatic hydroxyl groups is 1. The molecule has 0 saturated heterocycles. The Morgan fingerprint density at radius 3 is 1.48 bits per heavy atom. The Morgan fingerprint density at radius 2 is 1.09 bits per heavy atom. The Balaban J connectivity index is 2.19. The molecule has 3 aromatic carbocycles. The highest BCUT2D eigenvalue weighted by Crippen LogP contribution is 2.44. The predicted molar refractivity (Wildman–Crippen MR) is 95.4 cm³/mol. The summed E-state index contributed by atoms with van der Waals surface area (Å²) in [5, 5.41) is 11.9. The highest BCUT2D eigenvalue weighted by Gasteiger charge is 2.39. The minimum atomic E-state index is -1.04. The van der Waals surface area contributed by atoms with Crippen molar-refractivity contribution in [1.82, 2.24) is 0 Å². The summed E-state index contributed by atoms with van der Waals surface area (Å²) in [6.45, 7) is 2.13. The Bertz CT molecular complexity index is 680. The molecule has 1 atom stereocenters. The molecule has 0 fully saturated rings. The van der Waals surface area contributed by atoms with Crippen LogP contribution in [0.2, 0.25) is 0 Å². The summed E-state index contributed by atoms with van der Waals surface area (Å²) in [5.41, 5.74) is 1.98. The largest absolute Gasteiger partial charge is 0.380 e. The second kappa shape index (κ2) is 6.80. The first kappa shape index (κ1) is 15.5. The molecular weight excluding hydrogens is 280 g/mol. The fraction of sp³-hybridized carbons (Fsp3) is 0.182.